The first-order valence-corrected chi connectivity index (χ1v) is 5.76. The van der Waals surface area contributed by atoms with Crippen LogP contribution in [0.3, 0.4) is 0 Å². The summed E-state index contributed by atoms with van der Waals surface area (Å²) in [5, 5.41) is 21.3. The van der Waals surface area contributed by atoms with Crippen LogP contribution in [0.1, 0.15) is 17.0 Å². The van der Waals surface area contributed by atoms with Gasteiger partial charge in [0.1, 0.15) is 12.1 Å². The number of hydrogen-bond acceptors (Lipinski definition) is 5. The van der Waals surface area contributed by atoms with Crippen LogP contribution in [0.5, 0.6) is 0 Å². The van der Waals surface area contributed by atoms with Gasteiger partial charge in [-0.2, -0.15) is 10.5 Å². The van der Waals surface area contributed by atoms with Crippen molar-refractivity contribution in [2.75, 3.05) is 5.32 Å². The fourth-order valence-corrected chi connectivity index (χ4v) is 1.69. The fourth-order valence-electron chi connectivity index (χ4n) is 1.48. The summed E-state index contributed by atoms with van der Waals surface area (Å²) in [7, 11) is 0. The first kappa shape index (κ1) is 12.8. The highest BCUT2D eigenvalue weighted by atomic mass is 35.5. The van der Waals surface area contributed by atoms with Crippen molar-refractivity contribution in [1.82, 2.24) is 9.97 Å². The highest BCUT2D eigenvalue weighted by Gasteiger charge is 2.06. The van der Waals surface area contributed by atoms with Gasteiger partial charge in [0, 0.05) is 11.6 Å². The summed E-state index contributed by atoms with van der Waals surface area (Å²) in [6.45, 7) is 0.443. The van der Waals surface area contributed by atoms with Gasteiger partial charge >= 0.3 is 0 Å². The Hall–Kier alpha value is -2.63. The summed E-state index contributed by atoms with van der Waals surface area (Å²) in [5.41, 5.74) is 1.26. The quantitative estimate of drug-likeness (QED) is 0.925. The summed E-state index contributed by atoms with van der Waals surface area (Å²) >= 11 is 5.88. The van der Waals surface area contributed by atoms with Crippen molar-refractivity contribution < 1.29 is 0 Å². The molecule has 0 spiro atoms. The van der Waals surface area contributed by atoms with Crippen molar-refractivity contribution >= 4 is 17.4 Å². The van der Waals surface area contributed by atoms with E-state index in [1.807, 2.05) is 30.3 Å². The highest BCUT2D eigenvalue weighted by Crippen LogP contribution is 2.14. The molecule has 0 amide bonds. The Morgan fingerprint density at radius 1 is 1.26 bits per heavy atom. The first-order valence-electron chi connectivity index (χ1n) is 5.38. The molecule has 1 N–H and O–H groups in total. The molecule has 0 atom stereocenters. The maximum absolute atomic E-state index is 8.93. The molecule has 6 heteroatoms. The van der Waals surface area contributed by atoms with Gasteiger partial charge in [-0.15, -0.1) is 0 Å². The van der Waals surface area contributed by atoms with E-state index in [1.165, 1.54) is 6.20 Å². The minimum atomic E-state index is 0.154. The lowest BCUT2D eigenvalue weighted by molar-refractivity contribution is 1.06. The number of aromatic nitrogens is 2. The minimum Gasteiger partial charge on any atom is -0.364 e. The lowest BCUT2D eigenvalue weighted by Crippen LogP contribution is -2.05. The zero-order valence-corrected chi connectivity index (χ0v) is 10.5. The average Bonchev–Trinajstić information content (AvgIpc) is 2.45. The van der Waals surface area contributed by atoms with E-state index in [2.05, 4.69) is 15.3 Å². The highest BCUT2D eigenvalue weighted by molar-refractivity contribution is 6.30. The second-order valence-corrected chi connectivity index (χ2v) is 4.10. The van der Waals surface area contributed by atoms with Crippen LogP contribution in [-0.4, -0.2) is 9.97 Å². The van der Waals surface area contributed by atoms with Crippen LogP contribution < -0.4 is 5.32 Å². The number of rotatable bonds is 3. The van der Waals surface area contributed by atoms with Gasteiger partial charge in [-0.1, -0.05) is 23.7 Å². The van der Waals surface area contributed by atoms with E-state index in [4.69, 9.17) is 22.1 Å². The van der Waals surface area contributed by atoms with E-state index in [0.29, 0.717) is 17.4 Å². The van der Waals surface area contributed by atoms with Crippen molar-refractivity contribution in [3.05, 3.63) is 52.4 Å². The van der Waals surface area contributed by atoms with Gasteiger partial charge in [-0.05, 0) is 17.7 Å². The Morgan fingerprint density at radius 3 is 2.79 bits per heavy atom. The molecule has 0 fully saturated rings. The smallest absolute Gasteiger partial charge is 0.183 e. The number of nitrogens with one attached hydrogen (secondary N) is 1. The van der Waals surface area contributed by atoms with Gasteiger partial charge in [0.2, 0.25) is 0 Å². The van der Waals surface area contributed by atoms with Crippen LogP contribution in [0, 0.1) is 22.7 Å². The second kappa shape index (κ2) is 5.81. The normalized spacial score (nSPS) is 9.42. The third-order valence-corrected chi connectivity index (χ3v) is 2.58. The van der Waals surface area contributed by atoms with Gasteiger partial charge in [0.15, 0.2) is 17.2 Å². The maximum Gasteiger partial charge on any atom is 0.183 e. The van der Waals surface area contributed by atoms with E-state index in [0.717, 1.165) is 5.56 Å². The molecule has 1 aromatic carbocycles. The summed E-state index contributed by atoms with van der Waals surface area (Å²) in [6, 6.07) is 11.1. The predicted molar refractivity (Wildman–Crippen MR) is 70.2 cm³/mol. The van der Waals surface area contributed by atoms with Crippen LogP contribution in [-0.2, 0) is 6.54 Å². The SMILES string of the molecule is N#Cc1cnc(C#N)c(NCc2cccc(Cl)c2)n1. The number of benzene rings is 1. The van der Waals surface area contributed by atoms with E-state index < -0.39 is 0 Å². The molecule has 0 bridgehead atoms. The Kier molecular flexibility index (Phi) is 3.92. The first-order chi connectivity index (χ1) is 9.22. The van der Waals surface area contributed by atoms with Crippen LogP contribution in [0.15, 0.2) is 30.5 Å². The third-order valence-electron chi connectivity index (χ3n) is 2.34. The fraction of sp³-hybridized carbons (Fsp3) is 0.0769. The van der Waals surface area contributed by atoms with E-state index >= 15 is 0 Å². The van der Waals surface area contributed by atoms with E-state index in [-0.39, 0.29) is 11.4 Å². The monoisotopic (exact) mass is 269 g/mol. The molecule has 5 nitrogen and oxygen atoms in total. The third kappa shape index (κ3) is 3.19. The molecule has 0 aliphatic heterocycles. The number of halogens is 1. The van der Waals surface area contributed by atoms with Crippen molar-refractivity contribution in [1.29, 1.82) is 10.5 Å². The summed E-state index contributed by atoms with van der Waals surface area (Å²) in [4.78, 5) is 7.87. The zero-order chi connectivity index (χ0) is 13.7. The topological polar surface area (TPSA) is 85.4 Å². The van der Waals surface area contributed by atoms with Gasteiger partial charge < -0.3 is 5.32 Å². The summed E-state index contributed by atoms with van der Waals surface area (Å²) in [6.07, 6.45) is 1.27. The van der Waals surface area contributed by atoms with Crippen molar-refractivity contribution in [3.63, 3.8) is 0 Å². The molecule has 0 radical (unpaired) electrons. The summed E-state index contributed by atoms with van der Waals surface area (Å²) in [5.74, 6) is 0.293. The van der Waals surface area contributed by atoms with Gasteiger partial charge in [-0.3, -0.25) is 0 Å². The van der Waals surface area contributed by atoms with Crippen LogP contribution >= 0.6 is 11.6 Å². The van der Waals surface area contributed by atoms with Crippen LogP contribution in [0.2, 0.25) is 5.02 Å². The molecule has 0 aliphatic rings. The Labute approximate surface area is 115 Å². The second-order valence-electron chi connectivity index (χ2n) is 3.66. The van der Waals surface area contributed by atoms with Gasteiger partial charge in [0.05, 0.1) is 6.20 Å². The number of nitrogens with zero attached hydrogens (tertiary/aromatic N) is 4. The molecule has 1 heterocycles. The molecule has 0 unspecified atom stereocenters. The lowest BCUT2D eigenvalue weighted by Gasteiger charge is -2.07. The van der Waals surface area contributed by atoms with Gasteiger partial charge in [-0.25, -0.2) is 9.97 Å². The number of hydrogen-bond donors (Lipinski definition) is 1. The molecule has 2 rings (SSSR count). The van der Waals surface area contributed by atoms with E-state index in [9.17, 15) is 0 Å². The largest absolute Gasteiger partial charge is 0.364 e. The number of anilines is 1. The molecule has 0 saturated carbocycles. The van der Waals surface area contributed by atoms with Crippen molar-refractivity contribution in [3.8, 4) is 12.1 Å². The molecule has 2 aromatic rings. The molecule has 1 aromatic heterocycles. The zero-order valence-electron chi connectivity index (χ0n) is 9.76. The van der Waals surface area contributed by atoms with Crippen molar-refractivity contribution in [2.24, 2.45) is 0 Å². The molecular formula is C13H8ClN5. The Bertz CT molecular complexity index is 684. The lowest BCUT2D eigenvalue weighted by atomic mass is 10.2. The molecular weight excluding hydrogens is 262 g/mol. The number of nitriles is 2. The van der Waals surface area contributed by atoms with E-state index in [1.54, 1.807) is 6.07 Å². The minimum absolute atomic E-state index is 0.154. The standard InChI is InChI=1S/C13H8ClN5/c14-10-3-1-2-9(4-10)7-18-13-12(6-16)17-8-11(5-15)19-13/h1-4,8H,7H2,(H,18,19). The predicted octanol–water partition coefficient (Wildman–Crippen LogP) is 2.49. The summed E-state index contributed by atoms with van der Waals surface area (Å²) < 4.78 is 0. The molecule has 0 saturated heterocycles. The maximum atomic E-state index is 8.93. The van der Waals surface area contributed by atoms with Crippen LogP contribution in [0.25, 0.3) is 0 Å². The van der Waals surface area contributed by atoms with Crippen LogP contribution in [0.4, 0.5) is 5.82 Å². The average molecular weight is 270 g/mol. The van der Waals surface area contributed by atoms with Gasteiger partial charge in [0.25, 0.3) is 0 Å². The Morgan fingerprint density at radius 2 is 2.11 bits per heavy atom. The van der Waals surface area contributed by atoms with Crippen molar-refractivity contribution in [2.45, 2.75) is 6.54 Å². The molecule has 92 valence electrons. The molecule has 0 aliphatic carbocycles. The molecule has 19 heavy (non-hydrogen) atoms. The Balaban J connectivity index is 2.20.